The molecular formula is C37H74NO8P. The van der Waals surface area contributed by atoms with Crippen molar-refractivity contribution >= 4 is 19.8 Å². The maximum Gasteiger partial charge on any atom is 0.472 e. The summed E-state index contributed by atoms with van der Waals surface area (Å²) in [6.07, 6.45) is 31.7. The number of carbonyl (C=O) groups excluding carboxylic acids is 2. The number of nitrogens with two attached hydrogens (primary N) is 1. The van der Waals surface area contributed by atoms with Crippen molar-refractivity contribution in [3.8, 4) is 0 Å². The van der Waals surface area contributed by atoms with Crippen LogP contribution in [0.4, 0.5) is 0 Å². The minimum atomic E-state index is -4.36. The van der Waals surface area contributed by atoms with Gasteiger partial charge in [0, 0.05) is 19.4 Å². The highest BCUT2D eigenvalue weighted by Crippen LogP contribution is 2.43. The van der Waals surface area contributed by atoms with Crippen molar-refractivity contribution in [2.24, 2.45) is 5.73 Å². The molecule has 2 atom stereocenters. The number of ether oxygens (including phenoxy) is 2. The van der Waals surface area contributed by atoms with Gasteiger partial charge in [0.25, 0.3) is 0 Å². The van der Waals surface area contributed by atoms with Crippen LogP contribution in [0.25, 0.3) is 0 Å². The summed E-state index contributed by atoms with van der Waals surface area (Å²) in [7, 11) is -4.36. The number of esters is 2. The third-order valence-electron chi connectivity index (χ3n) is 8.49. The molecule has 0 aliphatic rings. The fraction of sp³-hybridized carbons (Fsp3) is 0.946. The molecule has 0 aliphatic carbocycles. The van der Waals surface area contributed by atoms with Gasteiger partial charge in [-0.1, -0.05) is 168 Å². The zero-order valence-electron chi connectivity index (χ0n) is 30.5. The van der Waals surface area contributed by atoms with E-state index in [1.807, 2.05) is 0 Å². The van der Waals surface area contributed by atoms with E-state index in [0.29, 0.717) is 6.42 Å². The van der Waals surface area contributed by atoms with Crippen LogP contribution in [0.15, 0.2) is 0 Å². The van der Waals surface area contributed by atoms with Gasteiger partial charge in [0.15, 0.2) is 6.10 Å². The fourth-order valence-corrected chi connectivity index (χ4v) is 6.34. The lowest BCUT2D eigenvalue weighted by Crippen LogP contribution is -2.29. The molecule has 0 saturated heterocycles. The van der Waals surface area contributed by atoms with E-state index >= 15 is 0 Å². The van der Waals surface area contributed by atoms with E-state index in [-0.39, 0.29) is 38.6 Å². The Morgan fingerprint density at radius 3 is 1.30 bits per heavy atom. The molecule has 0 amide bonds. The molecule has 47 heavy (non-hydrogen) atoms. The Morgan fingerprint density at radius 1 is 0.553 bits per heavy atom. The van der Waals surface area contributed by atoms with E-state index in [0.717, 1.165) is 38.5 Å². The van der Waals surface area contributed by atoms with Crippen molar-refractivity contribution in [2.45, 2.75) is 200 Å². The first-order valence-corrected chi connectivity index (χ1v) is 21.0. The third-order valence-corrected chi connectivity index (χ3v) is 9.48. The quantitative estimate of drug-likeness (QED) is 0.0371. The SMILES string of the molecule is CCCCCCCCCCCCCCCCCCCCCCC(=O)OC(COC(=O)CCCCCCCC)COP(=O)(O)OCCN. The summed E-state index contributed by atoms with van der Waals surface area (Å²) >= 11 is 0. The average Bonchev–Trinajstić information content (AvgIpc) is 3.05. The van der Waals surface area contributed by atoms with E-state index in [1.54, 1.807) is 0 Å². The van der Waals surface area contributed by atoms with Crippen LogP contribution >= 0.6 is 7.82 Å². The summed E-state index contributed by atoms with van der Waals surface area (Å²) in [5.41, 5.74) is 5.32. The summed E-state index contributed by atoms with van der Waals surface area (Å²) < 4.78 is 32.5. The molecular weight excluding hydrogens is 617 g/mol. The lowest BCUT2D eigenvalue weighted by Gasteiger charge is -2.19. The molecule has 0 aromatic rings. The predicted molar refractivity (Wildman–Crippen MR) is 192 cm³/mol. The molecule has 2 unspecified atom stereocenters. The number of hydrogen-bond acceptors (Lipinski definition) is 8. The Morgan fingerprint density at radius 2 is 0.915 bits per heavy atom. The van der Waals surface area contributed by atoms with Crippen molar-refractivity contribution in [2.75, 3.05) is 26.4 Å². The summed E-state index contributed by atoms with van der Waals surface area (Å²) in [4.78, 5) is 34.5. The van der Waals surface area contributed by atoms with Gasteiger partial charge in [0.2, 0.25) is 0 Å². The molecule has 0 aromatic carbocycles. The average molecular weight is 692 g/mol. The second-order valence-corrected chi connectivity index (χ2v) is 14.6. The van der Waals surface area contributed by atoms with Gasteiger partial charge < -0.3 is 20.1 Å². The molecule has 0 aliphatic heterocycles. The van der Waals surface area contributed by atoms with Crippen molar-refractivity contribution in [1.29, 1.82) is 0 Å². The summed E-state index contributed by atoms with van der Waals surface area (Å²) in [5.74, 6) is -0.828. The number of phosphoric acid groups is 1. The van der Waals surface area contributed by atoms with Crippen LogP contribution in [0.3, 0.4) is 0 Å². The lowest BCUT2D eigenvalue weighted by atomic mass is 10.0. The van der Waals surface area contributed by atoms with Gasteiger partial charge in [-0.25, -0.2) is 4.57 Å². The van der Waals surface area contributed by atoms with Crippen LogP contribution in [0.5, 0.6) is 0 Å². The van der Waals surface area contributed by atoms with Gasteiger partial charge >= 0.3 is 19.8 Å². The second kappa shape index (κ2) is 34.9. The highest BCUT2D eigenvalue weighted by molar-refractivity contribution is 7.47. The maximum atomic E-state index is 12.5. The molecule has 0 heterocycles. The smallest absolute Gasteiger partial charge is 0.462 e. The molecule has 280 valence electrons. The molecule has 0 aromatic heterocycles. The van der Waals surface area contributed by atoms with Gasteiger partial charge in [-0.05, 0) is 12.8 Å². The zero-order chi connectivity index (χ0) is 34.7. The topological polar surface area (TPSA) is 134 Å². The first kappa shape index (κ1) is 46.0. The number of rotatable bonds is 37. The highest BCUT2D eigenvalue weighted by Gasteiger charge is 2.25. The Balaban J connectivity index is 3.99. The van der Waals surface area contributed by atoms with Crippen LogP contribution in [0.1, 0.15) is 194 Å². The van der Waals surface area contributed by atoms with Gasteiger partial charge in [-0.15, -0.1) is 0 Å². The highest BCUT2D eigenvalue weighted by atomic mass is 31.2. The van der Waals surface area contributed by atoms with E-state index < -0.39 is 26.5 Å². The van der Waals surface area contributed by atoms with Crippen molar-refractivity contribution in [3.05, 3.63) is 0 Å². The number of phosphoric ester groups is 1. The Labute approximate surface area is 288 Å². The van der Waals surface area contributed by atoms with Gasteiger partial charge in [0.1, 0.15) is 6.61 Å². The van der Waals surface area contributed by atoms with Crippen LogP contribution in [-0.2, 0) is 32.7 Å². The van der Waals surface area contributed by atoms with Crippen molar-refractivity contribution < 1.29 is 37.6 Å². The van der Waals surface area contributed by atoms with E-state index in [1.165, 1.54) is 122 Å². The zero-order valence-corrected chi connectivity index (χ0v) is 31.4. The number of unbranched alkanes of at least 4 members (excludes halogenated alkanes) is 24. The van der Waals surface area contributed by atoms with E-state index in [2.05, 4.69) is 13.8 Å². The Hall–Kier alpha value is -0.990. The molecule has 0 bridgehead atoms. The summed E-state index contributed by atoms with van der Waals surface area (Å²) in [6.45, 7) is 3.68. The molecule has 0 fully saturated rings. The molecule has 9 nitrogen and oxygen atoms in total. The van der Waals surface area contributed by atoms with Crippen LogP contribution in [0.2, 0.25) is 0 Å². The normalized spacial score (nSPS) is 13.4. The summed E-state index contributed by atoms with van der Waals surface area (Å²) in [5, 5.41) is 0. The fourth-order valence-electron chi connectivity index (χ4n) is 5.58. The third kappa shape index (κ3) is 34.7. The minimum absolute atomic E-state index is 0.0574. The number of hydrogen-bond donors (Lipinski definition) is 2. The van der Waals surface area contributed by atoms with Crippen molar-refractivity contribution in [3.63, 3.8) is 0 Å². The summed E-state index contributed by atoms with van der Waals surface area (Å²) in [6, 6.07) is 0. The molecule has 0 spiro atoms. The van der Waals surface area contributed by atoms with E-state index in [9.17, 15) is 19.0 Å². The second-order valence-electron chi connectivity index (χ2n) is 13.2. The van der Waals surface area contributed by atoms with Crippen LogP contribution in [0, 0.1) is 0 Å². The largest absolute Gasteiger partial charge is 0.472 e. The molecule has 0 radical (unpaired) electrons. The van der Waals surface area contributed by atoms with Gasteiger partial charge in [-0.2, -0.15) is 0 Å². The van der Waals surface area contributed by atoms with Crippen molar-refractivity contribution in [1.82, 2.24) is 0 Å². The van der Waals surface area contributed by atoms with E-state index in [4.69, 9.17) is 24.3 Å². The minimum Gasteiger partial charge on any atom is -0.462 e. The molecule has 3 N–H and O–H groups in total. The van der Waals surface area contributed by atoms with Gasteiger partial charge in [-0.3, -0.25) is 18.6 Å². The molecule has 10 heteroatoms. The standard InChI is InChI=1S/C37H74NO8P/c1-3-5-7-9-11-12-13-14-15-16-17-18-19-20-21-22-23-24-26-28-30-37(40)46-35(34-45-47(41,42)44-32-31-38)33-43-36(39)29-27-25-10-8-6-4-2/h35H,3-34,38H2,1-2H3,(H,41,42). The lowest BCUT2D eigenvalue weighted by molar-refractivity contribution is -0.161. The molecule has 0 saturated carbocycles. The van der Waals surface area contributed by atoms with Crippen LogP contribution < -0.4 is 5.73 Å². The maximum absolute atomic E-state index is 12.5. The Kier molecular flexibility index (Phi) is 34.1. The van der Waals surface area contributed by atoms with Crippen LogP contribution in [-0.4, -0.2) is 49.3 Å². The Bertz CT molecular complexity index is 754. The predicted octanol–water partition coefficient (Wildman–Crippen LogP) is 10.5. The number of carbonyl (C=O) groups is 2. The monoisotopic (exact) mass is 692 g/mol. The first-order valence-electron chi connectivity index (χ1n) is 19.5. The van der Waals surface area contributed by atoms with Gasteiger partial charge in [0.05, 0.1) is 13.2 Å². The first-order chi connectivity index (χ1) is 22.8. The molecule has 0 rings (SSSR count).